The first-order valence-corrected chi connectivity index (χ1v) is 9.05. The van der Waals surface area contributed by atoms with Gasteiger partial charge in [0.25, 0.3) is 5.91 Å². The molecule has 0 aliphatic heterocycles. The molecule has 0 saturated carbocycles. The van der Waals surface area contributed by atoms with Crippen LogP contribution in [0.1, 0.15) is 34.1 Å². The molecule has 0 fully saturated rings. The van der Waals surface area contributed by atoms with Crippen molar-refractivity contribution < 1.29 is 22.8 Å². The fraction of sp³-hybridized carbons (Fsp3) is 0.333. The molecule has 26 heavy (non-hydrogen) atoms. The standard InChI is InChI=1S/C18H17F3N2O2S/c1-9-2-3-10-11(8-26-14(10)6-9)18(25)22-7-15(24)23-13-5-4-12(19)16(20)17(13)21/h4-5,8-9H,2-3,6-7H2,1H3,(H,22,25)(H,23,24). The third kappa shape index (κ3) is 3.75. The minimum absolute atomic E-state index is 0.377. The number of thiophene rings is 1. The van der Waals surface area contributed by atoms with Gasteiger partial charge in [0, 0.05) is 10.3 Å². The second kappa shape index (κ2) is 7.49. The topological polar surface area (TPSA) is 58.2 Å². The summed E-state index contributed by atoms with van der Waals surface area (Å²) in [5, 5.41) is 6.37. The van der Waals surface area contributed by atoms with Gasteiger partial charge in [0.2, 0.25) is 5.91 Å². The van der Waals surface area contributed by atoms with Gasteiger partial charge in [0.1, 0.15) is 0 Å². The molecule has 138 valence electrons. The molecule has 1 unspecified atom stereocenters. The van der Waals surface area contributed by atoms with Crippen LogP contribution < -0.4 is 10.6 Å². The maximum Gasteiger partial charge on any atom is 0.252 e. The molecule has 0 saturated heterocycles. The Morgan fingerprint density at radius 2 is 2.00 bits per heavy atom. The predicted molar refractivity (Wildman–Crippen MR) is 92.8 cm³/mol. The summed E-state index contributed by atoms with van der Waals surface area (Å²) >= 11 is 1.54. The zero-order valence-corrected chi connectivity index (χ0v) is 14.8. The molecule has 8 heteroatoms. The van der Waals surface area contributed by atoms with Crippen LogP contribution in [0, 0.1) is 23.4 Å². The van der Waals surface area contributed by atoms with E-state index in [0.29, 0.717) is 17.5 Å². The first-order chi connectivity index (χ1) is 12.4. The summed E-state index contributed by atoms with van der Waals surface area (Å²) in [6.45, 7) is 1.77. The molecule has 1 aliphatic rings. The second-order valence-electron chi connectivity index (χ2n) is 6.35. The van der Waals surface area contributed by atoms with Crippen molar-refractivity contribution in [2.75, 3.05) is 11.9 Å². The highest BCUT2D eigenvalue weighted by Crippen LogP contribution is 2.32. The number of hydrogen-bond donors (Lipinski definition) is 2. The van der Waals surface area contributed by atoms with Crippen LogP contribution in [0.3, 0.4) is 0 Å². The third-order valence-electron chi connectivity index (χ3n) is 4.37. The number of amides is 2. The van der Waals surface area contributed by atoms with E-state index in [2.05, 4.69) is 17.6 Å². The van der Waals surface area contributed by atoms with E-state index in [4.69, 9.17) is 0 Å². The monoisotopic (exact) mass is 382 g/mol. The SMILES string of the molecule is CC1CCc2c(C(=O)NCC(=O)Nc3ccc(F)c(F)c3F)csc2C1. The Hall–Kier alpha value is -2.35. The summed E-state index contributed by atoms with van der Waals surface area (Å²) < 4.78 is 39.6. The number of anilines is 1. The Balaban J connectivity index is 1.60. The maximum atomic E-state index is 13.5. The summed E-state index contributed by atoms with van der Waals surface area (Å²) in [6.07, 6.45) is 2.79. The summed E-state index contributed by atoms with van der Waals surface area (Å²) in [4.78, 5) is 25.4. The molecule has 3 rings (SSSR count). The van der Waals surface area contributed by atoms with E-state index < -0.39 is 35.6 Å². The number of benzene rings is 1. The molecule has 0 spiro atoms. The Bertz CT molecular complexity index is 866. The van der Waals surface area contributed by atoms with Gasteiger partial charge in [-0.25, -0.2) is 13.2 Å². The van der Waals surface area contributed by atoms with Gasteiger partial charge in [-0.05, 0) is 42.9 Å². The van der Waals surface area contributed by atoms with Gasteiger partial charge in [-0.15, -0.1) is 11.3 Å². The van der Waals surface area contributed by atoms with Crippen molar-refractivity contribution in [3.63, 3.8) is 0 Å². The fourth-order valence-electron chi connectivity index (χ4n) is 2.94. The van der Waals surface area contributed by atoms with Crippen molar-refractivity contribution in [2.45, 2.75) is 26.2 Å². The lowest BCUT2D eigenvalue weighted by molar-refractivity contribution is -0.115. The molecule has 0 radical (unpaired) electrons. The van der Waals surface area contributed by atoms with Crippen molar-refractivity contribution in [3.8, 4) is 0 Å². The van der Waals surface area contributed by atoms with Crippen LogP contribution in [-0.2, 0) is 17.6 Å². The Morgan fingerprint density at radius 1 is 1.23 bits per heavy atom. The van der Waals surface area contributed by atoms with Crippen LogP contribution in [0.15, 0.2) is 17.5 Å². The van der Waals surface area contributed by atoms with E-state index in [-0.39, 0.29) is 5.91 Å². The molecule has 1 atom stereocenters. The normalized spacial score (nSPS) is 16.1. The number of hydrogen-bond acceptors (Lipinski definition) is 3. The van der Waals surface area contributed by atoms with E-state index in [9.17, 15) is 22.8 Å². The van der Waals surface area contributed by atoms with Gasteiger partial charge in [-0.2, -0.15) is 0 Å². The minimum Gasteiger partial charge on any atom is -0.343 e. The highest BCUT2D eigenvalue weighted by atomic mass is 32.1. The Kier molecular flexibility index (Phi) is 5.31. The zero-order chi connectivity index (χ0) is 18.8. The minimum atomic E-state index is -1.66. The van der Waals surface area contributed by atoms with Crippen LogP contribution >= 0.6 is 11.3 Å². The number of rotatable bonds is 4. The van der Waals surface area contributed by atoms with Crippen molar-refractivity contribution in [3.05, 3.63) is 51.0 Å². The zero-order valence-electron chi connectivity index (χ0n) is 14.0. The lowest BCUT2D eigenvalue weighted by Crippen LogP contribution is -2.33. The third-order valence-corrected chi connectivity index (χ3v) is 5.42. The van der Waals surface area contributed by atoms with Crippen molar-refractivity contribution >= 4 is 28.8 Å². The smallest absolute Gasteiger partial charge is 0.252 e. The molecule has 1 aliphatic carbocycles. The lowest BCUT2D eigenvalue weighted by atomic mass is 9.88. The van der Waals surface area contributed by atoms with Gasteiger partial charge >= 0.3 is 0 Å². The van der Waals surface area contributed by atoms with E-state index in [1.54, 1.807) is 5.38 Å². The van der Waals surface area contributed by atoms with Crippen LogP contribution in [0.5, 0.6) is 0 Å². The van der Waals surface area contributed by atoms with Gasteiger partial charge in [-0.1, -0.05) is 6.92 Å². The molecule has 1 heterocycles. The number of nitrogens with one attached hydrogen (secondary N) is 2. The number of halogens is 3. The first kappa shape index (κ1) is 18.4. The first-order valence-electron chi connectivity index (χ1n) is 8.17. The predicted octanol–water partition coefficient (Wildman–Crippen LogP) is 3.66. The van der Waals surface area contributed by atoms with E-state index in [1.165, 1.54) is 16.2 Å². The average Bonchev–Trinajstić information content (AvgIpc) is 3.03. The quantitative estimate of drug-likeness (QED) is 0.793. The van der Waals surface area contributed by atoms with Crippen LogP contribution in [0.25, 0.3) is 0 Å². The molecule has 1 aromatic heterocycles. The lowest BCUT2D eigenvalue weighted by Gasteiger charge is -2.18. The molecular weight excluding hydrogens is 365 g/mol. The molecule has 0 bridgehead atoms. The maximum absolute atomic E-state index is 13.5. The molecule has 2 aromatic rings. The van der Waals surface area contributed by atoms with Crippen molar-refractivity contribution in [1.82, 2.24) is 5.32 Å². The van der Waals surface area contributed by atoms with Gasteiger partial charge in [0.15, 0.2) is 17.5 Å². The average molecular weight is 382 g/mol. The van der Waals surface area contributed by atoms with Crippen LogP contribution in [-0.4, -0.2) is 18.4 Å². The highest BCUT2D eigenvalue weighted by molar-refractivity contribution is 7.10. The van der Waals surface area contributed by atoms with Crippen LogP contribution in [0.2, 0.25) is 0 Å². The summed E-state index contributed by atoms with van der Waals surface area (Å²) in [7, 11) is 0. The Morgan fingerprint density at radius 3 is 2.77 bits per heavy atom. The Labute approximate surface area is 152 Å². The van der Waals surface area contributed by atoms with Crippen molar-refractivity contribution in [2.24, 2.45) is 5.92 Å². The van der Waals surface area contributed by atoms with Crippen molar-refractivity contribution in [1.29, 1.82) is 0 Å². The molecule has 2 N–H and O–H groups in total. The summed E-state index contributed by atoms with van der Waals surface area (Å²) in [5.41, 5.74) is 1.10. The molecular formula is C18H17F3N2O2S. The van der Waals surface area contributed by atoms with E-state index >= 15 is 0 Å². The highest BCUT2D eigenvalue weighted by Gasteiger charge is 2.23. The summed E-state index contributed by atoms with van der Waals surface area (Å²) in [6, 6.07) is 1.63. The van der Waals surface area contributed by atoms with Crippen LogP contribution in [0.4, 0.5) is 18.9 Å². The van der Waals surface area contributed by atoms with Gasteiger partial charge < -0.3 is 10.6 Å². The fourth-order valence-corrected chi connectivity index (χ4v) is 4.18. The number of carbonyl (C=O) groups is 2. The molecule has 2 amide bonds. The van der Waals surface area contributed by atoms with Gasteiger partial charge in [-0.3, -0.25) is 9.59 Å². The molecule has 4 nitrogen and oxygen atoms in total. The summed E-state index contributed by atoms with van der Waals surface area (Å²) in [5.74, 6) is -5.00. The van der Waals surface area contributed by atoms with Gasteiger partial charge in [0.05, 0.1) is 17.8 Å². The second-order valence-corrected chi connectivity index (χ2v) is 7.32. The van der Waals surface area contributed by atoms with E-state index in [0.717, 1.165) is 30.9 Å². The number of carbonyl (C=O) groups excluding carboxylic acids is 2. The largest absolute Gasteiger partial charge is 0.343 e. The molecule has 1 aromatic carbocycles. The number of fused-ring (bicyclic) bond motifs is 1. The van der Waals surface area contributed by atoms with E-state index in [1.807, 2.05) is 0 Å².